The third-order valence-electron chi connectivity index (χ3n) is 3.37. The zero-order chi connectivity index (χ0) is 15.0. The molecule has 0 unspecified atom stereocenters. The SMILES string of the molecule is CC(C)C(C)(C)[SiH2]Oc1nn(C)c(C(F)(F)F)c1Br. The predicted octanol–water partition coefficient (Wildman–Crippen LogP) is 3.52. The molecule has 0 saturated heterocycles. The van der Waals surface area contributed by atoms with E-state index < -0.39 is 21.6 Å². The van der Waals surface area contributed by atoms with Gasteiger partial charge in [-0.2, -0.15) is 13.2 Å². The van der Waals surface area contributed by atoms with Crippen molar-refractivity contribution in [1.82, 2.24) is 9.78 Å². The van der Waals surface area contributed by atoms with Crippen LogP contribution in [0.15, 0.2) is 4.47 Å². The Kier molecular flexibility index (Phi) is 4.77. The van der Waals surface area contributed by atoms with Gasteiger partial charge in [-0.3, -0.25) is 4.68 Å². The van der Waals surface area contributed by atoms with Crippen LogP contribution in [0.25, 0.3) is 0 Å². The highest BCUT2D eigenvalue weighted by atomic mass is 79.9. The highest BCUT2D eigenvalue weighted by molar-refractivity contribution is 9.10. The summed E-state index contributed by atoms with van der Waals surface area (Å²) in [7, 11) is 0.212. The molecule has 0 spiro atoms. The maximum Gasteiger partial charge on any atom is 0.434 e. The molecule has 0 aliphatic carbocycles. The van der Waals surface area contributed by atoms with E-state index in [2.05, 4.69) is 48.7 Å². The molecule has 110 valence electrons. The van der Waals surface area contributed by atoms with Crippen molar-refractivity contribution < 1.29 is 17.6 Å². The first-order valence-electron chi connectivity index (χ1n) is 5.89. The van der Waals surface area contributed by atoms with Crippen LogP contribution in [0.5, 0.6) is 5.88 Å². The van der Waals surface area contributed by atoms with Gasteiger partial charge in [-0.25, -0.2) is 0 Å². The monoisotopic (exact) mass is 358 g/mol. The first kappa shape index (κ1) is 16.6. The summed E-state index contributed by atoms with van der Waals surface area (Å²) >= 11 is 2.94. The van der Waals surface area contributed by atoms with Crippen molar-refractivity contribution in [2.75, 3.05) is 0 Å². The van der Waals surface area contributed by atoms with Crippen molar-refractivity contribution in [3.05, 3.63) is 10.2 Å². The number of aryl methyl sites for hydroxylation is 1. The number of hydrogen-bond donors (Lipinski definition) is 0. The molecule has 0 aromatic carbocycles. The van der Waals surface area contributed by atoms with Crippen LogP contribution in [0.2, 0.25) is 5.04 Å². The number of nitrogens with zero attached hydrogens (tertiary/aromatic N) is 2. The maximum absolute atomic E-state index is 12.8. The molecule has 19 heavy (non-hydrogen) atoms. The van der Waals surface area contributed by atoms with E-state index in [1.54, 1.807) is 0 Å². The Hall–Kier alpha value is -0.503. The minimum absolute atomic E-state index is 0.00461. The summed E-state index contributed by atoms with van der Waals surface area (Å²) in [4.78, 5) is 0. The zero-order valence-electron chi connectivity index (χ0n) is 11.6. The van der Waals surface area contributed by atoms with Crippen LogP contribution in [-0.2, 0) is 13.2 Å². The lowest BCUT2D eigenvalue weighted by Gasteiger charge is -2.27. The van der Waals surface area contributed by atoms with Gasteiger partial charge in [0.05, 0.1) is 0 Å². The van der Waals surface area contributed by atoms with Gasteiger partial charge in [0.2, 0.25) is 15.6 Å². The highest BCUT2D eigenvalue weighted by Gasteiger charge is 2.39. The number of rotatable bonds is 4. The van der Waals surface area contributed by atoms with Crippen molar-refractivity contribution >= 4 is 25.7 Å². The second-order valence-electron chi connectivity index (χ2n) is 5.52. The first-order valence-corrected chi connectivity index (χ1v) is 7.97. The Morgan fingerprint density at radius 3 is 2.21 bits per heavy atom. The summed E-state index contributed by atoms with van der Waals surface area (Å²) in [5.41, 5.74) is -0.821. The van der Waals surface area contributed by atoms with Crippen LogP contribution in [0, 0.1) is 5.92 Å². The molecule has 0 aliphatic heterocycles. The molecule has 0 radical (unpaired) electrons. The van der Waals surface area contributed by atoms with Crippen molar-refractivity contribution in [3.8, 4) is 5.88 Å². The van der Waals surface area contributed by atoms with Crippen molar-refractivity contribution in [2.24, 2.45) is 13.0 Å². The van der Waals surface area contributed by atoms with Crippen molar-refractivity contribution in [1.29, 1.82) is 0 Å². The van der Waals surface area contributed by atoms with Crippen molar-refractivity contribution in [3.63, 3.8) is 0 Å². The summed E-state index contributed by atoms with van der Waals surface area (Å²) in [6.07, 6.45) is -4.45. The van der Waals surface area contributed by atoms with Gasteiger partial charge in [-0.05, 0) is 26.9 Å². The molecule has 0 atom stereocenters. The number of hydrogen-bond acceptors (Lipinski definition) is 2. The fraction of sp³-hybridized carbons (Fsp3) is 0.727. The third-order valence-corrected chi connectivity index (χ3v) is 6.07. The Balaban J connectivity index is 2.94. The van der Waals surface area contributed by atoms with Gasteiger partial charge in [0.1, 0.15) is 4.47 Å². The van der Waals surface area contributed by atoms with Gasteiger partial charge in [-0.1, -0.05) is 27.7 Å². The molecule has 0 fully saturated rings. The fourth-order valence-corrected chi connectivity index (χ4v) is 3.23. The summed E-state index contributed by atoms with van der Waals surface area (Å²) in [5, 5.41) is 3.80. The van der Waals surface area contributed by atoms with E-state index in [1.165, 1.54) is 7.05 Å². The van der Waals surface area contributed by atoms with E-state index in [4.69, 9.17) is 4.43 Å². The van der Waals surface area contributed by atoms with Crippen LogP contribution in [0.3, 0.4) is 0 Å². The first-order chi connectivity index (χ1) is 8.47. The highest BCUT2D eigenvalue weighted by Crippen LogP contribution is 2.40. The van der Waals surface area contributed by atoms with E-state index in [9.17, 15) is 13.2 Å². The zero-order valence-corrected chi connectivity index (χ0v) is 14.6. The van der Waals surface area contributed by atoms with Crippen LogP contribution in [0.1, 0.15) is 33.4 Å². The van der Waals surface area contributed by atoms with Crippen LogP contribution >= 0.6 is 15.9 Å². The number of aromatic nitrogens is 2. The maximum atomic E-state index is 12.8. The summed E-state index contributed by atoms with van der Waals surface area (Å²) < 4.78 is 44.6. The number of alkyl halides is 3. The second kappa shape index (κ2) is 5.47. The normalized spacial score (nSPS) is 13.8. The van der Waals surface area contributed by atoms with Crippen molar-refractivity contribution in [2.45, 2.75) is 38.9 Å². The van der Waals surface area contributed by atoms with E-state index in [1.807, 2.05) is 0 Å². The third kappa shape index (κ3) is 3.74. The fourth-order valence-electron chi connectivity index (χ4n) is 1.29. The van der Waals surface area contributed by atoms with Gasteiger partial charge < -0.3 is 4.43 Å². The molecule has 0 N–H and O–H groups in total. The molecular weight excluding hydrogens is 341 g/mol. The Morgan fingerprint density at radius 1 is 1.32 bits per heavy atom. The lowest BCUT2D eigenvalue weighted by atomic mass is 9.99. The Labute approximate surface area is 121 Å². The Bertz CT molecular complexity index is 458. The molecule has 1 aromatic rings. The van der Waals surface area contributed by atoms with Crippen LogP contribution in [0.4, 0.5) is 13.2 Å². The molecule has 0 saturated carbocycles. The molecule has 1 heterocycles. The summed E-state index contributed by atoms with van der Waals surface area (Å²) in [6, 6.07) is 0. The minimum Gasteiger partial charge on any atom is -0.534 e. The average molecular weight is 359 g/mol. The predicted molar refractivity (Wildman–Crippen MR) is 74.0 cm³/mol. The van der Waals surface area contributed by atoms with Crippen LogP contribution < -0.4 is 4.43 Å². The lowest BCUT2D eigenvalue weighted by Crippen LogP contribution is -2.24. The molecule has 3 nitrogen and oxygen atoms in total. The Morgan fingerprint density at radius 2 is 1.84 bits per heavy atom. The van der Waals surface area contributed by atoms with Gasteiger partial charge >= 0.3 is 6.18 Å². The van der Waals surface area contributed by atoms with Gasteiger partial charge in [-0.15, -0.1) is 5.10 Å². The standard InChI is InChI=1S/C11H18BrF3N2OSi/c1-6(2)10(3,4)19-18-9-7(12)8(11(13,14)15)17(5)16-9/h6H,19H2,1-5H3. The smallest absolute Gasteiger partial charge is 0.434 e. The van der Waals surface area contributed by atoms with Gasteiger partial charge in [0.15, 0.2) is 5.69 Å². The largest absolute Gasteiger partial charge is 0.534 e. The summed E-state index contributed by atoms with van der Waals surface area (Å²) in [5.74, 6) is 0.443. The average Bonchev–Trinajstić information content (AvgIpc) is 2.49. The molecular formula is C11H18BrF3N2OSi. The molecule has 8 heteroatoms. The van der Waals surface area contributed by atoms with Gasteiger partial charge in [0, 0.05) is 7.05 Å². The minimum atomic E-state index is -4.45. The van der Waals surface area contributed by atoms with E-state index in [-0.39, 0.29) is 15.4 Å². The molecule has 0 aliphatic rings. The van der Waals surface area contributed by atoms with Gasteiger partial charge in [0.25, 0.3) is 0 Å². The topological polar surface area (TPSA) is 27.1 Å². The molecule has 0 bridgehead atoms. The molecule has 1 aromatic heterocycles. The molecule has 1 rings (SSSR count). The van der Waals surface area contributed by atoms with Crippen LogP contribution in [-0.4, -0.2) is 19.5 Å². The van der Waals surface area contributed by atoms with E-state index >= 15 is 0 Å². The van der Waals surface area contributed by atoms with E-state index in [0.717, 1.165) is 4.68 Å². The second-order valence-corrected chi connectivity index (χ2v) is 8.71. The number of halogens is 4. The van der Waals surface area contributed by atoms with E-state index in [0.29, 0.717) is 5.92 Å². The lowest BCUT2D eigenvalue weighted by molar-refractivity contribution is -0.144. The summed E-state index contributed by atoms with van der Waals surface area (Å²) in [6.45, 7) is 8.27. The molecule has 0 amide bonds. The quantitative estimate of drug-likeness (QED) is 0.770.